The highest BCUT2D eigenvalue weighted by molar-refractivity contribution is 7.90. The van der Waals surface area contributed by atoms with Crippen molar-refractivity contribution in [3.63, 3.8) is 0 Å². The van der Waals surface area contributed by atoms with Gasteiger partial charge in [0.15, 0.2) is 15.9 Å². The third-order valence-corrected chi connectivity index (χ3v) is 4.73. The van der Waals surface area contributed by atoms with Gasteiger partial charge >= 0.3 is 0 Å². The van der Waals surface area contributed by atoms with Crippen LogP contribution in [0.4, 0.5) is 5.69 Å². The van der Waals surface area contributed by atoms with Crippen LogP contribution in [0.5, 0.6) is 0 Å². The van der Waals surface area contributed by atoms with Gasteiger partial charge in [-0.2, -0.15) is 0 Å². The number of amides is 1. The van der Waals surface area contributed by atoms with Crippen LogP contribution < -0.4 is 5.32 Å². The monoisotopic (exact) mass is 344 g/mol. The van der Waals surface area contributed by atoms with E-state index in [9.17, 15) is 13.2 Å². The summed E-state index contributed by atoms with van der Waals surface area (Å²) in [6.45, 7) is 0. The standard InChI is InChI=1S/C17H16N2O4S/c1-24(21,22)14-9-5-8-13(10-14)18-17(20)15-11-16(23-19-15)12-6-3-2-4-7-12/h2-10,16H,11H2,1H3,(H,18,20)/t16-/m1/s1. The second kappa shape index (κ2) is 6.45. The Hall–Kier alpha value is -2.67. The summed E-state index contributed by atoms with van der Waals surface area (Å²) in [5.74, 6) is -0.404. The Morgan fingerprint density at radius 2 is 1.92 bits per heavy atom. The number of benzene rings is 2. The van der Waals surface area contributed by atoms with Crippen molar-refractivity contribution in [3.8, 4) is 0 Å². The number of hydrogen-bond acceptors (Lipinski definition) is 5. The molecule has 0 fully saturated rings. The van der Waals surface area contributed by atoms with Crippen LogP contribution in [0, 0.1) is 0 Å². The number of oxime groups is 1. The summed E-state index contributed by atoms with van der Waals surface area (Å²) in [4.78, 5) is 17.7. The molecule has 0 saturated heterocycles. The zero-order chi connectivity index (χ0) is 17.2. The molecule has 1 amide bonds. The molecule has 1 N–H and O–H groups in total. The second-order valence-electron chi connectivity index (χ2n) is 5.50. The highest BCUT2D eigenvalue weighted by atomic mass is 32.2. The van der Waals surface area contributed by atoms with Crippen LogP contribution in [0.3, 0.4) is 0 Å². The molecule has 1 heterocycles. The van der Waals surface area contributed by atoms with Gasteiger partial charge in [0.2, 0.25) is 0 Å². The zero-order valence-corrected chi connectivity index (χ0v) is 13.8. The molecule has 24 heavy (non-hydrogen) atoms. The molecule has 2 aromatic carbocycles. The predicted octanol–water partition coefficient (Wildman–Crippen LogP) is 2.55. The van der Waals surface area contributed by atoms with Crippen LogP contribution in [-0.4, -0.2) is 26.3 Å². The lowest BCUT2D eigenvalue weighted by Gasteiger charge is -2.08. The van der Waals surface area contributed by atoms with Gasteiger partial charge in [-0.15, -0.1) is 0 Å². The average molecular weight is 344 g/mol. The van der Waals surface area contributed by atoms with E-state index in [1.165, 1.54) is 12.1 Å². The number of carbonyl (C=O) groups excluding carboxylic acids is 1. The molecule has 0 unspecified atom stereocenters. The van der Waals surface area contributed by atoms with Crippen LogP contribution in [0.2, 0.25) is 0 Å². The highest BCUT2D eigenvalue weighted by Gasteiger charge is 2.27. The number of rotatable bonds is 4. The topological polar surface area (TPSA) is 84.8 Å². The van der Waals surface area contributed by atoms with Crippen molar-refractivity contribution in [1.29, 1.82) is 0 Å². The summed E-state index contributed by atoms with van der Waals surface area (Å²) < 4.78 is 23.1. The van der Waals surface area contributed by atoms with Gasteiger partial charge < -0.3 is 10.2 Å². The molecular formula is C17H16N2O4S. The van der Waals surface area contributed by atoms with Crippen LogP contribution in [0.25, 0.3) is 0 Å². The fourth-order valence-corrected chi connectivity index (χ4v) is 3.03. The summed E-state index contributed by atoms with van der Waals surface area (Å²) in [7, 11) is -3.33. The molecule has 7 heteroatoms. The summed E-state index contributed by atoms with van der Waals surface area (Å²) in [6, 6.07) is 15.6. The van der Waals surface area contributed by atoms with Crippen molar-refractivity contribution in [2.75, 3.05) is 11.6 Å². The molecule has 3 rings (SSSR count). The number of anilines is 1. The lowest BCUT2D eigenvalue weighted by molar-refractivity contribution is -0.110. The van der Waals surface area contributed by atoms with E-state index in [0.717, 1.165) is 11.8 Å². The van der Waals surface area contributed by atoms with Gasteiger partial charge in [-0.3, -0.25) is 4.79 Å². The summed E-state index contributed by atoms with van der Waals surface area (Å²) >= 11 is 0. The first-order chi connectivity index (χ1) is 11.4. The van der Waals surface area contributed by atoms with Crippen LogP contribution >= 0.6 is 0 Å². The van der Waals surface area contributed by atoms with Gasteiger partial charge in [-0.1, -0.05) is 41.6 Å². The van der Waals surface area contributed by atoms with E-state index >= 15 is 0 Å². The average Bonchev–Trinajstić information content (AvgIpc) is 3.05. The normalized spacial score (nSPS) is 17.0. The largest absolute Gasteiger partial charge is 0.387 e. The summed E-state index contributed by atoms with van der Waals surface area (Å²) in [5, 5.41) is 6.50. The molecule has 2 aromatic rings. The molecule has 1 aliphatic rings. The maximum absolute atomic E-state index is 12.3. The fraction of sp³-hybridized carbons (Fsp3) is 0.176. The Morgan fingerprint density at radius 3 is 2.62 bits per heavy atom. The van der Waals surface area contributed by atoms with Crippen molar-refractivity contribution in [3.05, 3.63) is 60.2 Å². The minimum absolute atomic E-state index is 0.145. The Balaban J connectivity index is 1.68. The highest BCUT2D eigenvalue weighted by Crippen LogP contribution is 2.27. The van der Waals surface area contributed by atoms with E-state index in [1.807, 2.05) is 30.3 Å². The molecule has 1 aliphatic heterocycles. The number of sulfone groups is 1. The SMILES string of the molecule is CS(=O)(=O)c1cccc(NC(=O)C2=NO[C@@H](c3ccccc3)C2)c1. The van der Waals surface area contributed by atoms with Crippen LogP contribution in [-0.2, 0) is 19.5 Å². The second-order valence-corrected chi connectivity index (χ2v) is 7.52. The Labute approximate surface area is 140 Å². The van der Waals surface area contributed by atoms with E-state index in [4.69, 9.17) is 4.84 Å². The number of carbonyl (C=O) groups is 1. The van der Waals surface area contributed by atoms with E-state index < -0.39 is 15.7 Å². The van der Waals surface area contributed by atoms with Gasteiger partial charge in [-0.25, -0.2) is 8.42 Å². The maximum atomic E-state index is 12.3. The molecule has 0 radical (unpaired) electrons. The fourth-order valence-electron chi connectivity index (χ4n) is 2.37. The third kappa shape index (κ3) is 3.62. The third-order valence-electron chi connectivity index (χ3n) is 3.62. The summed E-state index contributed by atoms with van der Waals surface area (Å²) in [6.07, 6.45) is 1.20. The Kier molecular flexibility index (Phi) is 4.35. The molecule has 0 bridgehead atoms. The zero-order valence-electron chi connectivity index (χ0n) is 13.0. The minimum Gasteiger partial charge on any atom is -0.387 e. The molecular weight excluding hydrogens is 328 g/mol. The van der Waals surface area contributed by atoms with E-state index in [2.05, 4.69) is 10.5 Å². The van der Waals surface area contributed by atoms with Crippen LogP contribution in [0.15, 0.2) is 64.6 Å². The van der Waals surface area contributed by atoms with Crippen molar-refractivity contribution < 1.29 is 18.0 Å². The van der Waals surface area contributed by atoms with E-state index in [-0.39, 0.29) is 16.7 Å². The van der Waals surface area contributed by atoms with Crippen molar-refractivity contribution in [2.45, 2.75) is 17.4 Å². The predicted molar refractivity (Wildman–Crippen MR) is 90.5 cm³/mol. The molecule has 0 saturated carbocycles. The van der Waals surface area contributed by atoms with Gasteiger partial charge in [0, 0.05) is 18.4 Å². The molecule has 124 valence electrons. The van der Waals surface area contributed by atoms with Crippen molar-refractivity contribution >= 4 is 27.1 Å². The first-order valence-electron chi connectivity index (χ1n) is 7.32. The lowest BCUT2D eigenvalue weighted by atomic mass is 10.0. The Morgan fingerprint density at radius 1 is 1.17 bits per heavy atom. The van der Waals surface area contributed by atoms with E-state index in [0.29, 0.717) is 12.1 Å². The Bertz CT molecular complexity index is 892. The molecule has 6 nitrogen and oxygen atoms in total. The molecule has 0 aromatic heterocycles. The maximum Gasteiger partial charge on any atom is 0.273 e. The van der Waals surface area contributed by atoms with Gasteiger partial charge in [0.1, 0.15) is 5.71 Å². The quantitative estimate of drug-likeness (QED) is 0.924. The van der Waals surface area contributed by atoms with E-state index in [1.54, 1.807) is 12.1 Å². The van der Waals surface area contributed by atoms with Crippen molar-refractivity contribution in [1.82, 2.24) is 0 Å². The first kappa shape index (κ1) is 16.2. The van der Waals surface area contributed by atoms with Crippen LogP contribution in [0.1, 0.15) is 18.1 Å². The molecule has 1 atom stereocenters. The number of nitrogens with one attached hydrogen (secondary N) is 1. The lowest BCUT2D eigenvalue weighted by Crippen LogP contribution is -2.22. The molecule has 0 aliphatic carbocycles. The number of nitrogens with zero attached hydrogens (tertiary/aromatic N) is 1. The first-order valence-corrected chi connectivity index (χ1v) is 9.22. The molecule has 0 spiro atoms. The smallest absolute Gasteiger partial charge is 0.273 e. The van der Waals surface area contributed by atoms with Gasteiger partial charge in [0.25, 0.3) is 5.91 Å². The minimum atomic E-state index is -3.33. The summed E-state index contributed by atoms with van der Waals surface area (Å²) in [5.41, 5.74) is 1.62. The van der Waals surface area contributed by atoms with Crippen molar-refractivity contribution in [2.24, 2.45) is 5.16 Å². The number of hydrogen-bond donors (Lipinski definition) is 1. The van der Waals surface area contributed by atoms with Gasteiger partial charge in [0.05, 0.1) is 4.90 Å². The van der Waals surface area contributed by atoms with Gasteiger partial charge in [-0.05, 0) is 23.8 Å².